The third-order valence-electron chi connectivity index (χ3n) is 32.3. The van der Waals surface area contributed by atoms with Gasteiger partial charge >= 0.3 is 0 Å². The van der Waals surface area contributed by atoms with Crippen molar-refractivity contribution in [3.05, 3.63) is 452 Å². The molecule has 3 aliphatic carbocycles. The molecule has 8 heteroatoms. The molecule has 0 N–H and O–H groups in total. The van der Waals surface area contributed by atoms with Crippen LogP contribution in [0, 0.1) is 0 Å². The Balaban J connectivity index is 0.000000114. The summed E-state index contributed by atoms with van der Waals surface area (Å²) >= 11 is 0. The molecule has 3 aliphatic rings. The molecule has 0 radical (unpaired) electrons. The molecule has 0 amide bonds. The monoisotopic (exact) mass is 1800 g/mol. The number of para-hydroxylation sites is 2. The molecule has 0 fully saturated rings. The van der Waals surface area contributed by atoms with Crippen LogP contribution >= 0.6 is 0 Å². The first kappa shape index (κ1) is 86.4. The van der Waals surface area contributed by atoms with Crippen LogP contribution in [-0.2, 0) is 32.5 Å². The van der Waals surface area contributed by atoms with Crippen molar-refractivity contribution in [2.24, 2.45) is 0 Å². The first-order chi connectivity index (χ1) is 67.9. The molecule has 674 valence electrons. The molecule has 20 aromatic carbocycles. The van der Waals surface area contributed by atoms with Gasteiger partial charge < -0.3 is 9.32 Å². The summed E-state index contributed by atoms with van der Waals surface area (Å²) in [4.78, 5) is 32.8. The molecule has 3 aromatic heterocycles. The molecule has 26 rings (SSSR count). The SMILES string of the molecule is CC1(C)c2cc(-c3nc(-c4ccccc4)nc(-c4cccc5oc6ccccc6c45)n3)ccc2-c2ccc3ccc4ccccc4c3c2C1(C)C.CC1(C)c2cc(-c3nc(-c4ccccc4)nc(-c4ccccc4)n3)ccc2-c2ccc3c(ccc4ccccc43)c2C1(C)C.CC1(C)c2cc(N(c3ccccc3)c3cccc(-c4ccccc4)c3)ccc2-c2cc3ccc4ccccc4c3cc2C1(C)C. The Hall–Kier alpha value is -16.4. The van der Waals surface area contributed by atoms with Gasteiger partial charge in [0.05, 0.1) is 0 Å². The quantitative estimate of drug-likeness (QED) is 0.125. The van der Waals surface area contributed by atoms with Crippen LogP contribution in [0.25, 0.3) is 199 Å². The molecule has 23 aromatic rings. The number of anilines is 3. The van der Waals surface area contributed by atoms with Crippen LogP contribution in [-0.4, -0.2) is 29.9 Å². The van der Waals surface area contributed by atoms with Crippen LogP contribution < -0.4 is 4.90 Å². The topological polar surface area (TPSA) is 93.7 Å². The molecule has 140 heavy (non-hydrogen) atoms. The van der Waals surface area contributed by atoms with Gasteiger partial charge in [0.25, 0.3) is 0 Å². The summed E-state index contributed by atoms with van der Waals surface area (Å²) in [6, 6.07) is 150. The average molecular weight is 1810 g/mol. The van der Waals surface area contributed by atoms with Crippen molar-refractivity contribution in [1.82, 2.24) is 29.9 Å². The van der Waals surface area contributed by atoms with E-state index < -0.39 is 0 Å². The molecule has 0 atom stereocenters. The van der Waals surface area contributed by atoms with Crippen molar-refractivity contribution in [2.75, 3.05) is 4.90 Å². The number of benzene rings is 20. The fraction of sp³-hybridized carbons (Fsp3) is 0.136. The van der Waals surface area contributed by atoms with Crippen LogP contribution in [0.15, 0.2) is 423 Å². The van der Waals surface area contributed by atoms with Crippen LogP contribution in [0.4, 0.5) is 17.1 Å². The molecule has 0 aliphatic heterocycles. The van der Waals surface area contributed by atoms with Crippen molar-refractivity contribution in [3.63, 3.8) is 0 Å². The second-order valence-electron chi connectivity index (χ2n) is 41.2. The second kappa shape index (κ2) is 33.2. The number of fused-ring (bicyclic) bond motifs is 23. The Morgan fingerprint density at radius 2 is 0.550 bits per heavy atom. The predicted octanol–water partition coefficient (Wildman–Crippen LogP) is 35.1. The van der Waals surface area contributed by atoms with Crippen LogP contribution in [0.3, 0.4) is 0 Å². The number of hydrogen-bond acceptors (Lipinski definition) is 8. The Bertz CT molecular complexity index is 8860. The van der Waals surface area contributed by atoms with E-state index >= 15 is 0 Å². The van der Waals surface area contributed by atoms with E-state index in [4.69, 9.17) is 34.3 Å². The molecule has 8 nitrogen and oxygen atoms in total. The molecular weight excluding hydrogens is 1700 g/mol. The first-order valence-electron chi connectivity index (χ1n) is 48.9. The lowest BCUT2D eigenvalue weighted by Gasteiger charge is -2.49. The van der Waals surface area contributed by atoms with Gasteiger partial charge in [-0.25, -0.2) is 29.9 Å². The van der Waals surface area contributed by atoms with Gasteiger partial charge in [0.1, 0.15) is 11.2 Å². The molecule has 3 heterocycles. The zero-order valence-corrected chi connectivity index (χ0v) is 80.9. The smallest absolute Gasteiger partial charge is 0.164 e. The average Bonchev–Trinajstić information content (AvgIpc) is 0.790. The minimum absolute atomic E-state index is 0.0934. The summed E-state index contributed by atoms with van der Waals surface area (Å²) in [6.45, 7) is 28.9. The van der Waals surface area contributed by atoms with Crippen LogP contribution in [0.2, 0.25) is 0 Å². The standard InChI is InChI=1S/C47H35N3O.C44H37N.C41H33N3/c1-46(2)37-27-31(24-25-33(37)34-26-23-29-22-21-28-13-8-9-16-32(28)40(29)42(34)47(46,3)4)44-48-43(30-14-6-5-7-15-30)49-45(50-44)36-18-12-20-39-41(36)35-17-10-11-19-38(35)51-39;1-43(2)41-28-36(45(34-18-9-6-10-19-34)35-20-13-17-32(26-35)30-14-7-5-8-15-30)24-25-38(41)40-27-33-23-22-31-16-11-12-21-37(31)39(33)29-42(40)44(43,3)4;1-40(2)35-25-29(39-43-37(27-14-7-5-8-15-27)42-38(44-39)28-16-9-6-10-17-28)20-21-32(35)34-24-23-31-30-18-12-11-13-26(30)19-22-33(31)36(34)41(40,3)4/h5-27H,1-4H3;5-29H,1-4H3;5-25H,1-4H3. The van der Waals surface area contributed by atoms with Crippen molar-refractivity contribution in [2.45, 2.75) is 116 Å². The second-order valence-corrected chi connectivity index (χ2v) is 41.2. The maximum atomic E-state index is 6.26. The zero-order valence-electron chi connectivity index (χ0n) is 80.9. The number of aromatic nitrogens is 6. The zero-order chi connectivity index (χ0) is 95.3. The lowest BCUT2D eigenvalue weighted by molar-refractivity contribution is 0.299. The highest BCUT2D eigenvalue weighted by Gasteiger charge is 2.50. The lowest BCUT2D eigenvalue weighted by atomic mass is 9.54. The Kier molecular flexibility index (Phi) is 20.5. The van der Waals surface area contributed by atoms with E-state index in [0.29, 0.717) is 34.9 Å². The van der Waals surface area contributed by atoms with Gasteiger partial charge in [0.15, 0.2) is 34.9 Å². The third-order valence-corrected chi connectivity index (χ3v) is 32.3. The van der Waals surface area contributed by atoms with Crippen molar-refractivity contribution < 1.29 is 4.42 Å². The molecule has 0 unspecified atom stereocenters. The van der Waals surface area contributed by atoms with Gasteiger partial charge in [-0.1, -0.05) is 429 Å². The largest absolute Gasteiger partial charge is 0.456 e. The van der Waals surface area contributed by atoms with Crippen LogP contribution in [0.1, 0.15) is 116 Å². The number of nitrogens with zero attached hydrogens (tertiary/aromatic N) is 7. The minimum atomic E-state index is -0.212. The molecule has 0 bridgehead atoms. The first-order valence-corrected chi connectivity index (χ1v) is 48.9. The normalized spacial score (nSPS) is 14.6. The lowest BCUT2D eigenvalue weighted by Crippen LogP contribution is -2.43. The van der Waals surface area contributed by atoms with E-state index in [1.54, 1.807) is 0 Å². The van der Waals surface area contributed by atoms with Crippen LogP contribution in [0.5, 0.6) is 0 Å². The van der Waals surface area contributed by atoms with Gasteiger partial charge in [-0.15, -0.1) is 0 Å². The Morgan fingerprint density at radius 3 is 1.14 bits per heavy atom. The number of rotatable bonds is 10. The maximum absolute atomic E-state index is 6.26. The Morgan fingerprint density at radius 1 is 0.179 bits per heavy atom. The summed E-state index contributed by atoms with van der Waals surface area (Å²) in [5, 5.41) is 17.8. The van der Waals surface area contributed by atoms with Crippen molar-refractivity contribution in [1.29, 1.82) is 0 Å². The van der Waals surface area contributed by atoms with Gasteiger partial charge in [-0.05, 0) is 237 Å². The maximum Gasteiger partial charge on any atom is 0.164 e. The molecular formula is C132H105N7O. The van der Waals surface area contributed by atoms with Gasteiger partial charge in [-0.3, -0.25) is 0 Å². The fourth-order valence-electron chi connectivity index (χ4n) is 22.7. The molecule has 0 saturated heterocycles. The summed E-state index contributed by atoms with van der Waals surface area (Å²) in [5.41, 5.74) is 28.5. The Labute approximate surface area is 817 Å². The third kappa shape index (κ3) is 14.1. The molecule has 0 spiro atoms. The van der Waals surface area contributed by atoms with E-state index in [1.165, 1.54) is 148 Å². The number of furan rings is 1. The minimum Gasteiger partial charge on any atom is -0.456 e. The van der Waals surface area contributed by atoms with Gasteiger partial charge in [0.2, 0.25) is 0 Å². The summed E-state index contributed by atoms with van der Waals surface area (Å²) in [7, 11) is 0. The highest BCUT2D eigenvalue weighted by molar-refractivity contribution is 6.15. The summed E-state index contributed by atoms with van der Waals surface area (Å²) in [5.74, 6) is 3.95. The van der Waals surface area contributed by atoms with Crippen molar-refractivity contribution in [3.8, 4) is 113 Å². The van der Waals surface area contributed by atoms with E-state index in [2.05, 4.69) is 422 Å². The molecule has 0 saturated carbocycles. The predicted molar refractivity (Wildman–Crippen MR) is 586 cm³/mol. The van der Waals surface area contributed by atoms with Gasteiger partial charge in [0, 0.05) is 72.0 Å². The van der Waals surface area contributed by atoms with Crippen molar-refractivity contribution >= 4 is 104 Å². The van der Waals surface area contributed by atoms with E-state index in [0.717, 1.165) is 66.7 Å². The van der Waals surface area contributed by atoms with E-state index in [1.807, 2.05) is 84.9 Å². The van der Waals surface area contributed by atoms with E-state index in [9.17, 15) is 0 Å². The number of hydrogen-bond donors (Lipinski definition) is 0. The summed E-state index contributed by atoms with van der Waals surface area (Å²) < 4.78 is 6.26. The fourth-order valence-corrected chi connectivity index (χ4v) is 22.7. The highest BCUT2D eigenvalue weighted by Crippen LogP contribution is 2.61. The summed E-state index contributed by atoms with van der Waals surface area (Å²) in [6.07, 6.45) is 0. The van der Waals surface area contributed by atoms with E-state index in [-0.39, 0.29) is 32.5 Å². The van der Waals surface area contributed by atoms with Gasteiger partial charge in [-0.2, -0.15) is 0 Å². The highest BCUT2D eigenvalue weighted by atomic mass is 16.3.